The number of halogens is 2. The number of nitrogens with one attached hydrogen (secondary N) is 1. The summed E-state index contributed by atoms with van der Waals surface area (Å²) in [5.41, 5.74) is 0.879. The van der Waals surface area contributed by atoms with Crippen LogP contribution in [0.4, 0.5) is 10.2 Å². The van der Waals surface area contributed by atoms with E-state index in [0.29, 0.717) is 16.8 Å². The third-order valence-corrected chi connectivity index (χ3v) is 9.29. The SMILES string of the molecule is C[C@H](Nc1nc(Cl)nc2c1ccn2[C@@H]1O[C@H](COP(=O)(O)CP(=O)(O)O)[C@@H](O)[C@H]1O)c1cccc(F)c1. The average Bonchev–Trinajstić information content (AvgIpc) is 3.32. The van der Waals surface area contributed by atoms with Crippen LogP contribution in [0, 0.1) is 5.82 Å². The van der Waals surface area contributed by atoms with Crippen LogP contribution in [0.3, 0.4) is 0 Å². The molecule has 4 rings (SSSR count). The highest BCUT2D eigenvalue weighted by Crippen LogP contribution is 2.55. The molecule has 0 aliphatic carbocycles. The number of anilines is 1. The molecule has 1 saturated heterocycles. The molecule has 6 atom stereocenters. The molecule has 0 bridgehead atoms. The molecule has 37 heavy (non-hydrogen) atoms. The number of ether oxygens (including phenoxy) is 1. The number of rotatable bonds is 9. The van der Waals surface area contributed by atoms with E-state index >= 15 is 0 Å². The van der Waals surface area contributed by atoms with Gasteiger partial charge >= 0.3 is 15.2 Å². The van der Waals surface area contributed by atoms with Crippen molar-refractivity contribution in [1.29, 1.82) is 0 Å². The summed E-state index contributed by atoms with van der Waals surface area (Å²) in [6.07, 6.45) is -4.12. The van der Waals surface area contributed by atoms with Crippen molar-refractivity contribution < 1.29 is 47.7 Å². The summed E-state index contributed by atoms with van der Waals surface area (Å²) in [4.78, 5) is 35.9. The van der Waals surface area contributed by atoms with Gasteiger partial charge in [-0.15, -0.1) is 0 Å². The maximum absolute atomic E-state index is 13.6. The predicted octanol–water partition coefficient (Wildman–Crippen LogP) is 2.35. The molecule has 0 amide bonds. The first kappa shape index (κ1) is 28.1. The monoisotopic (exact) mass is 580 g/mol. The van der Waals surface area contributed by atoms with Crippen molar-refractivity contribution in [3.63, 3.8) is 0 Å². The van der Waals surface area contributed by atoms with Crippen LogP contribution in [0.2, 0.25) is 5.28 Å². The first-order chi connectivity index (χ1) is 17.2. The lowest BCUT2D eigenvalue weighted by atomic mass is 10.1. The minimum absolute atomic E-state index is 0.145. The molecule has 1 aliphatic rings. The molecule has 1 fully saturated rings. The molecule has 6 N–H and O–H groups in total. The lowest BCUT2D eigenvalue weighted by molar-refractivity contribution is -0.0481. The number of benzene rings is 1. The van der Waals surface area contributed by atoms with Crippen molar-refractivity contribution in [2.75, 3.05) is 17.8 Å². The number of aliphatic hydroxyl groups is 2. The summed E-state index contributed by atoms with van der Waals surface area (Å²) < 4.78 is 48.3. The Morgan fingerprint density at radius 1 is 1.22 bits per heavy atom. The van der Waals surface area contributed by atoms with Gasteiger partial charge in [0.05, 0.1) is 18.0 Å². The zero-order chi connectivity index (χ0) is 27.1. The van der Waals surface area contributed by atoms with Crippen molar-refractivity contribution >= 4 is 43.6 Å². The van der Waals surface area contributed by atoms with Gasteiger partial charge in [-0.25, -0.2) is 9.37 Å². The topological polar surface area (TPSA) is 196 Å². The molecule has 1 aliphatic heterocycles. The van der Waals surface area contributed by atoms with Crippen LogP contribution >= 0.6 is 26.8 Å². The Bertz CT molecular complexity index is 1390. The summed E-state index contributed by atoms with van der Waals surface area (Å²) in [6.45, 7) is 1.07. The van der Waals surface area contributed by atoms with Crippen LogP contribution in [-0.2, 0) is 18.4 Å². The van der Waals surface area contributed by atoms with Crippen LogP contribution in [0.5, 0.6) is 0 Å². The molecule has 1 aromatic carbocycles. The first-order valence-electron chi connectivity index (χ1n) is 10.8. The normalized spacial score (nSPS) is 24.8. The molecule has 0 spiro atoms. The second-order valence-corrected chi connectivity index (χ2v) is 12.8. The quantitative estimate of drug-likeness (QED) is 0.160. The fraction of sp³-hybridized carbons (Fsp3) is 0.400. The Kier molecular flexibility index (Phi) is 8.08. The van der Waals surface area contributed by atoms with Gasteiger partial charge in [0.2, 0.25) is 5.28 Å². The maximum Gasteiger partial charge on any atom is 0.340 e. The van der Waals surface area contributed by atoms with E-state index in [-0.39, 0.29) is 17.0 Å². The van der Waals surface area contributed by atoms with Gasteiger partial charge in [-0.1, -0.05) is 12.1 Å². The molecule has 0 radical (unpaired) electrons. The van der Waals surface area contributed by atoms with Gasteiger partial charge in [-0.05, 0) is 42.3 Å². The van der Waals surface area contributed by atoms with Crippen LogP contribution in [0.15, 0.2) is 36.5 Å². The highest BCUT2D eigenvalue weighted by Gasteiger charge is 2.45. The smallest absolute Gasteiger partial charge is 0.340 e. The fourth-order valence-corrected chi connectivity index (χ4v) is 6.68. The van der Waals surface area contributed by atoms with E-state index in [9.17, 15) is 28.6 Å². The van der Waals surface area contributed by atoms with Gasteiger partial charge in [0.25, 0.3) is 0 Å². The van der Waals surface area contributed by atoms with Crippen molar-refractivity contribution in [1.82, 2.24) is 14.5 Å². The number of fused-ring (bicyclic) bond motifs is 1. The van der Waals surface area contributed by atoms with E-state index in [1.165, 1.54) is 22.9 Å². The van der Waals surface area contributed by atoms with Crippen LogP contribution in [0.25, 0.3) is 11.0 Å². The average molecular weight is 581 g/mol. The van der Waals surface area contributed by atoms with Crippen molar-refractivity contribution in [3.05, 3.63) is 53.2 Å². The fourth-order valence-electron chi connectivity index (χ4n) is 3.95. The molecular formula is C20H24ClFN4O9P2. The van der Waals surface area contributed by atoms with Crippen molar-refractivity contribution in [2.45, 2.75) is 37.5 Å². The molecule has 3 aromatic rings. The zero-order valence-corrected chi connectivity index (χ0v) is 21.7. The lowest BCUT2D eigenvalue weighted by Gasteiger charge is -2.19. The summed E-state index contributed by atoms with van der Waals surface area (Å²) >= 11 is 6.13. The van der Waals surface area contributed by atoms with Gasteiger partial charge < -0.3 is 44.0 Å². The van der Waals surface area contributed by atoms with Crippen LogP contribution in [0.1, 0.15) is 24.8 Å². The highest BCUT2D eigenvalue weighted by molar-refractivity contribution is 7.70. The number of aliphatic hydroxyl groups excluding tert-OH is 2. The van der Waals surface area contributed by atoms with E-state index in [1.54, 1.807) is 25.1 Å². The second-order valence-electron chi connectivity index (χ2n) is 8.51. The Morgan fingerprint density at radius 3 is 2.62 bits per heavy atom. The molecule has 1 unspecified atom stereocenters. The summed E-state index contributed by atoms with van der Waals surface area (Å²) in [6, 6.07) is 7.26. The minimum atomic E-state index is -4.84. The van der Waals surface area contributed by atoms with Gasteiger partial charge in [-0.2, -0.15) is 4.98 Å². The standard InChI is InChI=1S/C20H24ClFN4O9P2/c1-10(11-3-2-4-12(22)7-11)23-17-13-5-6-26(18(13)25-20(21)24-17)19-16(28)15(27)14(35-19)8-34-37(32,33)9-36(29,30)31/h2-7,10,14-16,19,27-28H,8-9H2,1H3,(H,32,33)(H,23,24,25)(H2,29,30,31)/t10-,14+,15+,16+,19+/m0/s1. The zero-order valence-electron chi connectivity index (χ0n) is 19.1. The lowest BCUT2D eigenvalue weighted by Crippen LogP contribution is -2.33. The highest BCUT2D eigenvalue weighted by atomic mass is 35.5. The predicted molar refractivity (Wildman–Crippen MR) is 130 cm³/mol. The van der Waals surface area contributed by atoms with E-state index in [0.717, 1.165) is 0 Å². The number of hydrogen-bond donors (Lipinski definition) is 6. The summed E-state index contributed by atoms with van der Waals surface area (Å²) in [5, 5.41) is 24.5. The second kappa shape index (κ2) is 10.7. The van der Waals surface area contributed by atoms with E-state index in [4.69, 9.17) is 30.6 Å². The third kappa shape index (κ3) is 6.55. The number of hydrogen-bond acceptors (Lipinski definition) is 9. The molecule has 0 saturated carbocycles. The van der Waals surface area contributed by atoms with E-state index in [1.807, 2.05) is 0 Å². The first-order valence-corrected chi connectivity index (χ1v) is 14.8. The molecule has 202 valence electrons. The summed E-state index contributed by atoms with van der Waals surface area (Å²) in [7, 11) is -9.54. The van der Waals surface area contributed by atoms with Crippen LogP contribution in [-0.4, -0.2) is 70.3 Å². The van der Waals surface area contributed by atoms with Gasteiger partial charge in [0.1, 0.15) is 35.6 Å². The maximum atomic E-state index is 13.6. The third-order valence-electron chi connectivity index (χ3n) is 5.66. The Balaban J connectivity index is 1.55. The number of aromatic nitrogens is 3. The molecular weight excluding hydrogens is 557 g/mol. The minimum Gasteiger partial charge on any atom is -0.387 e. The molecule has 3 heterocycles. The van der Waals surface area contributed by atoms with Gasteiger partial charge in [0.15, 0.2) is 12.1 Å². The number of nitrogens with zero attached hydrogens (tertiary/aromatic N) is 3. The Morgan fingerprint density at radius 2 is 1.95 bits per heavy atom. The summed E-state index contributed by atoms with van der Waals surface area (Å²) in [5.74, 6) is -1.49. The largest absolute Gasteiger partial charge is 0.387 e. The van der Waals surface area contributed by atoms with Gasteiger partial charge in [0, 0.05) is 6.20 Å². The van der Waals surface area contributed by atoms with Gasteiger partial charge in [-0.3, -0.25) is 9.13 Å². The molecule has 13 nitrogen and oxygen atoms in total. The van der Waals surface area contributed by atoms with Crippen molar-refractivity contribution in [3.8, 4) is 0 Å². The van der Waals surface area contributed by atoms with Crippen molar-refractivity contribution in [2.24, 2.45) is 0 Å². The Labute approximate surface area is 214 Å². The molecule has 2 aromatic heterocycles. The van der Waals surface area contributed by atoms with Crippen LogP contribution < -0.4 is 5.32 Å². The Hall–Kier alpha value is -1.96. The van der Waals surface area contributed by atoms with E-state index in [2.05, 4.69) is 15.3 Å². The van der Waals surface area contributed by atoms with E-state index < -0.39 is 58.1 Å². The molecule has 17 heteroatoms.